The van der Waals surface area contributed by atoms with E-state index in [9.17, 15) is 0 Å². The van der Waals surface area contributed by atoms with Crippen LogP contribution >= 0.6 is 34.0 Å². The van der Waals surface area contributed by atoms with E-state index < -0.39 is 0 Å². The zero-order valence-corrected chi connectivity index (χ0v) is 33.7. The molecule has 12 rings (SSSR count). The van der Waals surface area contributed by atoms with Gasteiger partial charge in [0.15, 0.2) is 0 Å². The molecule has 0 fully saturated rings. The summed E-state index contributed by atoms with van der Waals surface area (Å²) in [5, 5.41) is 7.72. The summed E-state index contributed by atoms with van der Waals surface area (Å²) >= 11 is 5.67. The molecule has 9 aromatic carbocycles. The highest BCUT2D eigenvalue weighted by Crippen LogP contribution is 2.52. The zero-order chi connectivity index (χ0) is 38.2. The molecule has 0 radical (unpaired) electrons. The van der Waals surface area contributed by atoms with Gasteiger partial charge in [0.2, 0.25) is 0 Å². The van der Waals surface area contributed by atoms with E-state index in [4.69, 9.17) is 0 Å². The van der Waals surface area contributed by atoms with Crippen molar-refractivity contribution in [3.05, 3.63) is 200 Å². The van der Waals surface area contributed by atoms with E-state index in [-0.39, 0.29) is 0 Å². The van der Waals surface area contributed by atoms with Gasteiger partial charge < -0.3 is 4.90 Å². The van der Waals surface area contributed by atoms with Gasteiger partial charge in [-0.1, -0.05) is 152 Å². The van der Waals surface area contributed by atoms with E-state index in [2.05, 4.69) is 205 Å². The minimum Gasteiger partial charge on any atom is -0.309 e. The van der Waals surface area contributed by atoms with Gasteiger partial charge in [-0.25, -0.2) is 0 Å². The summed E-state index contributed by atoms with van der Waals surface area (Å²) < 4.78 is 7.78. The summed E-state index contributed by atoms with van der Waals surface area (Å²) in [6.07, 6.45) is 0. The quantitative estimate of drug-likeness (QED) is 0.162. The topological polar surface area (TPSA) is 3.24 Å². The number of anilines is 3. The molecule has 3 heterocycles. The summed E-state index contributed by atoms with van der Waals surface area (Å²) in [6, 6.07) is 73.8. The molecule has 3 aromatic heterocycles. The van der Waals surface area contributed by atoms with E-state index in [0.29, 0.717) is 0 Å². The number of hydrogen-bond acceptors (Lipinski definition) is 4. The predicted octanol–water partition coefficient (Wildman–Crippen LogP) is 17.3. The molecule has 0 spiro atoms. The first-order valence-electron chi connectivity index (χ1n) is 19.6. The number of thiophene rings is 3. The van der Waals surface area contributed by atoms with Gasteiger partial charge in [0.1, 0.15) is 0 Å². The van der Waals surface area contributed by atoms with Crippen molar-refractivity contribution in [1.29, 1.82) is 0 Å². The molecule has 12 aromatic rings. The first-order valence-corrected chi connectivity index (χ1v) is 22.0. The Morgan fingerprint density at radius 3 is 1.45 bits per heavy atom. The molecule has 58 heavy (non-hydrogen) atoms. The van der Waals surface area contributed by atoms with E-state index in [1.54, 1.807) is 0 Å². The number of benzene rings is 9. The lowest BCUT2D eigenvalue weighted by atomic mass is 9.94. The third kappa shape index (κ3) is 5.26. The molecule has 0 saturated heterocycles. The van der Waals surface area contributed by atoms with Crippen LogP contribution in [-0.4, -0.2) is 0 Å². The second-order valence-electron chi connectivity index (χ2n) is 14.8. The predicted molar refractivity (Wildman–Crippen MR) is 256 cm³/mol. The van der Waals surface area contributed by atoms with E-state index in [0.717, 1.165) is 5.69 Å². The van der Waals surface area contributed by atoms with Crippen LogP contribution in [0.3, 0.4) is 0 Å². The summed E-state index contributed by atoms with van der Waals surface area (Å²) in [5.41, 5.74) is 11.0. The number of hydrogen-bond donors (Lipinski definition) is 0. The van der Waals surface area contributed by atoms with Gasteiger partial charge >= 0.3 is 0 Å². The smallest absolute Gasteiger partial charge is 0.0555 e. The molecule has 1 nitrogen and oxygen atoms in total. The Hall–Kier alpha value is -6.56. The van der Waals surface area contributed by atoms with Gasteiger partial charge in [0.05, 0.1) is 11.4 Å². The Balaban J connectivity index is 1.20. The number of fused-ring (bicyclic) bond motifs is 9. The lowest BCUT2D eigenvalue weighted by molar-refractivity contribution is 1.33. The minimum absolute atomic E-state index is 1.14. The molecular formula is C54H33NS3. The maximum Gasteiger partial charge on any atom is 0.0555 e. The third-order valence-electron chi connectivity index (χ3n) is 11.5. The van der Waals surface area contributed by atoms with Crippen LogP contribution in [0.15, 0.2) is 200 Å². The second kappa shape index (κ2) is 13.5. The molecule has 0 N–H and O–H groups in total. The highest BCUT2D eigenvalue weighted by atomic mass is 32.1. The highest BCUT2D eigenvalue weighted by molar-refractivity contribution is 7.27. The van der Waals surface area contributed by atoms with Gasteiger partial charge in [0, 0.05) is 66.2 Å². The van der Waals surface area contributed by atoms with Crippen molar-refractivity contribution in [2.45, 2.75) is 0 Å². The van der Waals surface area contributed by atoms with Crippen LogP contribution in [-0.2, 0) is 0 Å². The average Bonchev–Trinajstić information content (AvgIpc) is 3.99. The summed E-state index contributed by atoms with van der Waals surface area (Å²) in [7, 11) is 0. The molecule has 272 valence electrons. The molecule has 0 aliphatic heterocycles. The molecule has 0 aliphatic carbocycles. The molecular weight excluding hydrogens is 759 g/mol. The zero-order valence-electron chi connectivity index (χ0n) is 31.2. The minimum atomic E-state index is 1.14. The van der Waals surface area contributed by atoms with Crippen LogP contribution in [0.2, 0.25) is 0 Å². The van der Waals surface area contributed by atoms with Crippen LogP contribution in [0.1, 0.15) is 0 Å². The molecule has 0 saturated carbocycles. The molecule has 0 bridgehead atoms. The van der Waals surface area contributed by atoms with Gasteiger partial charge in [-0.15, -0.1) is 34.0 Å². The maximum atomic E-state index is 2.56. The lowest BCUT2D eigenvalue weighted by Gasteiger charge is -2.28. The largest absolute Gasteiger partial charge is 0.309 e. The van der Waals surface area contributed by atoms with Crippen LogP contribution in [0.25, 0.3) is 93.9 Å². The number of rotatable bonds is 6. The Morgan fingerprint density at radius 1 is 0.293 bits per heavy atom. The normalized spacial score (nSPS) is 11.8. The molecule has 0 amide bonds. The first kappa shape index (κ1) is 33.6. The lowest BCUT2D eigenvalue weighted by Crippen LogP contribution is -2.11. The van der Waals surface area contributed by atoms with E-state index in [1.165, 1.54) is 105 Å². The Kier molecular flexibility index (Phi) is 7.83. The van der Waals surface area contributed by atoms with Crippen molar-refractivity contribution in [2.75, 3.05) is 4.90 Å². The molecule has 0 unspecified atom stereocenters. The van der Waals surface area contributed by atoms with Crippen molar-refractivity contribution in [3.8, 4) is 33.4 Å². The van der Waals surface area contributed by atoms with E-state index >= 15 is 0 Å². The maximum absolute atomic E-state index is 2.56. The highest BCUT2D eigenvalue weighted by Gasteiger charge is 2.25. The Labute approximate surface area is 347 Å². The van der Waals surface area contributed by atoms with Crippen molar-refractivity contribution in [2.24, 2.45) is 0 Å². The molecule has 0 atom stereocenters. The van der Waals surface area contributed by atoms with Crippen molar-refractivity contribution >= 4 is 112 Å². The Morgan fingerprint density at radius 2 is 0.776 bits per heavy atom. The van der Waals surface area contributed by atoms with Gasteiger partial charge in [0.25, 0.3) is 0 Å². The fraction of sp³-hybridized carbons (Fsp3) is 0. The third-order valence-corrected chi connectivity index (χ3v) is 15.0. The first-order chi connectivity index (χ1) is 28.8. The fourth-order valence-corrected chi connectivity index (χ4v) is 12.5. The van der Waals surface area contributed by atoms with Crippen molar-refractivity contribution in [1.82, 2.24) is 0 Å². The monoisotopic (exact) mass is 791 g/mol. The summed E-state index contributed by atoms with van der Waals surface area (Å²) in [4.78, 5) is 2.56. The van der Waals surface area contributed by atoms with Gasteiger partial charge in [-0.05, 0) is 81.9 Å². The van der Waals surface area contributed by atoms with Crippen LogP contribution in [0, 0.1) is 0 Å². The van der Waals surface area contributed by atoms with Crippen molar-refractivity contribution < 1.29 is 0 Å². The van der Waals surface area contributed by atoms with Crippen LogP contribution in [0.5, 0.6) is 0 Å². The van der Waals surface area contributed by atoms with Crippen LogP contribution < -0.4 is 4.90 Å². The number of nitrogens with zero attached hydrogens (tertiary/aromatic N) is 1. The summed E-state index contributed by atoms with van der Waals surface area (Å²) in [6.45, 7) is 0. The van der Waals surface area contributed by atoms with Gasteiger partial charge in [-0.3, -0.25) is 0 Å². The van der Waals surface area contributed by atoms with Crippen molar-refractivity contribution in [3.63, 3.8) is 0 Å². The second-order valence-corrected chi connectivity index (χ2v) is 18.0. The SMILES string of the molecule is c1ccc(-c2ccc(-c3ccccc3)c3c2sc2ccc(N(c4cccc5sc6ccccc6c45)c4ccc(-c5ccccc5)c5sc6ccccc6c45)cc23)cc1. The van der Waals surface area contributed by atoms with E-state index in [1.807, 2.05) is 34.0 Å². The molecule has 4 heteroatoms. The standard InChI is InChI=1S/C54H33NS3/c1-4-15-34(16-5-1)38-28-29-39(35-17-6-2-7-18-35)53-50(38)43-33-37(27-32-48(43)58-53)55(44-23-14-26-49-51(44)41-21-10-12-24-46(41)56-49)45-31-30-40(36-19-8-3-9-20-36)54-52(45)42-22-11-13-25-47(42)57-54/h1-33H. The fourth-order valence-electron chi connectivity index (χ4n) is 8.90. The average molecular weight is 792 g/mol. The summed E-state index contributed by atoms with van der Waals surface area (Å²) in [5.74, 6) is 0. The van der Waals surface area contributed by atoms with Gasteiger partial charge in [-0.2, -0.15) is 0 Å². The molecule has 0 aliphatic rings. The van der Waals surface area contributed by atoms with Crippen LogP contribution in [0.4, 0.5) is 17.1 Å². The Bertz CT molecular complexity index is 3500.